The quantitative estimate of drug-likeness (QED) is 0.842. The van der Waals surface area contributed by atoms with E-state index in [4.69, 9.17) is 0 Å². The Morgan fingerprint density at radius 1 is 1.00 bits per heavy atom. The molecule has 0 N–H and O–H groups in total. The van der Waals surface area contributed by atoms with Crippen molar-refractivity contribution in [2.45, 2.75) is 30.0 Å². The topological polar surface area (TPSA) is 42.3 Å². The molecule has 1 fully saturated rings. The smallest absolute Gasteiger partial charge is 0.351 e. The molecular weight excluding hydrogens is 341 g/mol. The van der Waals surface area contributed by atoms with Crippen LogP contribution < -0.4 is 0 Å². The minimum atomic E-state index is -4.56. The van der Waals surface area contributed by atoms with Crippen LogP contribution in [-0.4, -0.2) is 30.4 Å². The average molecular weight is 358 g/mol. The van der Waals surface area contributed by atoms with Crippen LogP contribution in [0.2, 0.25) is 0 Å². The zero-order valence-corrected chi connectivity index (χ0v) is 13.6. The molecule has 0 atom stereocenters. The van der Waals surface area contributed by atoms with Gasteiger partial charge in [0.15, 0.2) is 0 Å². The molecule has 0 unspecified atom stereocenters. The average Bonchev–Trinajstić information content (AvgIpc) is 3.09. The van der Waals surface area contributed by atoms with Gasteiger partial charge in [0, 0.05) is 31.5 Å². The lowest BCUT2D eigenvalue weighted by Crippen LogP contribution is -2.38. The van der Waals surface area contributed by atoms with E-state index >= 15 is 0 Å². The molecule has 1 saturated heterocycles. The number of rotatable bonds is 3. The molecule has 1 aromatic heterocycles. The minimum Gasteiger partial charge on any atom is -0.351 e. The summed E-state index contributed by atoms with van der Waals surface area (Å²) in [6.45, 7) is 0.586. The van der Waals surface area contributed by atoms with E-state index in [9.17, 15) is 21.6 Å². The van der Waals surface area contributed by atoms with Gasteiger partial charge in [-0.3, -0.25) is 0 Å². The number of piperidine rings is 1. The van der Waals surface area contributed by atoms with Gasteiger partial charge in [-0.2, -0.15) is 17.5 Å². The van der Waals surface area contributed by atoms with Crippen molar-refractivity contribution in [3.8, 4) is 0 Å². The van der Waals surface area contributed by atoms with E-state index in [1.165, 1.54) is 10.4 Å². The van der Waals surface area contributed by atoms with Crippen LogP contribution in [0.4, 0.5) is 13.2 Å². The molecule has 1 aliphatic heterocycles. The number of alkyl halides is 3. The molecule has 0 spiro atoms. The van der Waals surface area contributed by atoms with Crippen molar-refractivity contribution in [1.82, 2.24) is 8.87 Å². The largest absolute Gasteiger partial charge is 0.416 e. The van der Waals surface area contributed by atoms with Crippen LogP contribution in [0.3, 0.4) is 0 Å². The molecule has 2 heterocycles. The number of aromatic nitrogens is 1. The number of hydrogen-bond donors (Lipinski definition) is 0. The summed E-state index contributed by atoms with van der Waals surface area (Å²) in [5, 5.41) is 0. The second kappa shape index (κ2) is 6.25. The molecule has 1 aromatic carbocycles. The fourth-order valence-corrected chi connectivity index (χ4v) is 4.47. The predicted octanol–water partition coefficient (Wildman–Crippen LogP) is 3.53. The SMILES string of the molecule is O=S(=O)(c1cccc(C(F)(F)F)c1)N1CCC(n2cccc2)CC1. The molecule has 24 heavy (non-hydrogen) atoms. The van der Waals surface area contributed by atoms with Crippen molar-refractivity contribution >= 4 is 10.0 Å². The Kier molecular flexibility index (Phi) is 4.44. The molecule has 4 nitrogen and oxygen atoms in total. The second-order valence-electron chi connectivity index (χ2n) is 5.79. The maximum absolute atomic E-state index is 12.8. The van der Waals surface area contributed by atoms with Gasteiger partial charge in [0.1, 0.15) is 0 Å². The maximum atomic E-state index is 12.8. The van der Waals surface area contributed by atoms with E-state index in [0.29, 0.717) is 32.0 Å². The molecule has 8 heteroatoms. The summed E-state index contributed by atoms with van der Waals surface area (Å²) in [5.41, 5.74) is -0.953. The fourth-order valence-electron chi connectivity index (χ4n) is 2.95. The van der Waals surface area contributed by atoms with E-state index in [1.807, 2.05) is 29.1 Å². The van der Waals surface area contributed by atoms with Crippen LogP contribution in [0.5, 0.6) is 0 Å². The van der Waals surface area contributed by atoms with Crippen molar-refractivity contribution in [2.75, 3.05) is 13.1 Å². The highest BCUT2D eigenvalue weighted by atomic mass is 32.2. The molecule has 130 valence electrons. The zero-order valence-electron chi connectivity index (χ0n) is 12.8. The van der Waals surface area contributed by atoms with Crippen LogP contribution in [0.1, 0.15) is 24.4 Å². The first-order valence-electron chi connectivity index (χ1n) is 7.58. The Bertz CT molecular complexity index is 793. The van der Waals surface area contributed by atoms with Crippen LogP contribution in [-0.2, 0) is 16.2 Å². The molecule has 1 aliphatic rings. The van der Waals surface area contributed by atoms with Crippen molar-refractivity contribution in [2.24, 2.45) is 0 Å². The Balaban J connectivity index is 1.77. The summed E-state index contributed by atoms with van der Waals surface area (Å²) in [6.07, 6.45) is 0.565. The minimum absolute atomic E-state index is 0.216. The summed E-state index contributed by atoms with van der Waals surface area (Å²) >= 11 is 0. The third kappa shape index (κ3) is 3.34. The second-order valence-corrected chi connectivity index (χ2v) is 7.73. The lowest BCUT2D eigenvalue weighted by atomic mass is 10.1. The van der Waals surface area contributed by atoms with Crippen molar-refractivity contribution in [3.05, 3.63) is 54.4 Å². The van der Waals surface area contributed by atoms with Gasteiger partial charge in [-0.05, 0) is 43.2 Å². The van der Waals surface area contributed by atoms with Gasteiger partial charge in [0.2, 0.25) is 10.0 Å². The standard InChI is InChI=1S/C16H17F3N2O2S/c17-16(18,19)13-4-3-5-15(12-13)24(22,23)21-10-6-14(7-11-21)20-8-1-2-9-20/h1-5,8-9,12,14H,6-7,10-11H2. The first-order chi connectivity index (χ1) is 11.3. The molecule has 0 saturated carbocycles. The number of nitrogens with zero attached hydrogens (tertiary/aromatic N) is 2. The van der Waals surface area contributed by atoms with Crippen LogP contribution in [0.15, 0.2) is 53.7 Å². The third-order valence-electron chi connectivity index (χ3n) is 4.27. The number of halogens is 3. The first kappa shape index (κ1) is 17.0. The normalized spacial score (nSPS) is 18.0. The van der Waals surface area contributed by atoms with E-state index in [1.54, 1.807) is 0 Å². The molecular formula is C16H17F3N2O2S. The van der Waals surface area contributed by atoms with Gasteiger partial charge in [-0.15, -0.1) is 0 Å². The summed E-state index contributed by atoms with van der Waals surface area (Å²) in [5.74, 6) is 0. The summed E-state index contributed by atoms with van der Waals surface area (Å²) < 4.78 is 66.9. The van der Waals surface area contributed by atoms with Gasteiger partial charge in [0.25, 0.3) is 0 Å². The molecule has 0 radical (unpaired) electrons. The highest BCUT2D eigenvalue weighted by Gasteiger charge is 2.34. The number of sulfonamides is 1. The van der Waals surface area contributed by atoms with E-state index < -0.39 is 21.8 Å². The van der Waals surface area contributed by atoms with Crippen molar-refractivity contribution in [1.29, 1.82) is 0 Å². The molecule has 0 aliphatic carbocycles. The van der Waals surface area contributed by atoms with E-state index in [-0.39, 0.29) is 10.9 Å². The van der Waals surface area contributed by atoms with Crippen molar-refractivity contribution in [3.63, 3.8) is 0 Å². The molecule has 3 rings (SSSR count). The molecule has 2 aromatic rings. The zero-order chi connectivity index (χ0) is 17.4. The monoisotopic (exact) mass is 358 g/mol. The molecule has 0 bridgehead atoms. The Morgan fingerprint density at radius 3 is 2.21 bits per heavy atom. The number of benzene rings is 1. The Hall–Kier alpha value is -1.80. The van der Waals surface area contributed by atoms with Gasteiger partial charge in [-0.25, -0.2) is 8.42 Å². The third-order valence-corrected chi connectivity index (χ3v) is 6.17. The summed E-state index contributed by atoms with van der Waals surface area (Å²) in [7, 11) is -3.91. The Labute approximate surface area is 138 Å². The lowest BCUT2D eigenvalue weighted by molar-refractivity contribution is -0.137. The van der Waals surface area contributed by atoms with Crippen LogP contribution in [0.25, 0.3) is 0 Å². The van der Waals surface area contributed by atoms with Gasteiger partial charge >= 0.3 is 6.18 Å². The van der Waals surface area contributed by atoms with Gasteiger partial charge in [0.05, 0.1) is 10.5 Å². The Morgan fingerprint density at radius 2 is 1.62 bits per heavy atom. The van der Waals surface area contributed by atoms with Crippen LogP contribution >= 0.6 is 0 Å². The van der Waals surface area contributed by atoms with Gasteiger partial charge < -0.3 is 4.57 Å². The first-order valence-corrected chi connectivity index (χ1v) is 9.02. The van der Waals surface area contributed by atoms with Crippen LogP contribution in [0, 0.1) is 0 Å². The van der Waals surface area contributed by atoms with E-state index in [2.05, 4.69) is 0 Å². The highest BCUT2D eigenvalue weighted by molar-refractivity contribution is 7.89. The number of hydrogen-bond acceptors (Lipinski definition) is 2. The predicted molar refractivity (Wildman–Crippen MR) is 82.9 cm³/mol. The lowest BCUT2D eigenvalue weighted by Gasteiger charge is -2.32. The molecule has 0 amide bonds. The van der Waals surface area contributed by atoms with Crippen molar-refractivity contribution < 1.29 is 21.6 Å². The summed E-state index contributed by atoms with van der Waals surface area (Å²) in [4.78, 5) is -0.309. The maximum Gasteiger partial charge on any atom is 0.416 e. The van der Waals surface area contributed by atoms with Gasteiger partial charge in [-0.1, -0.05) is 6.07 Å². The van der Waals surface area contributed by atoms with E-state index in [0.717, 1.165) is 12.1 Å². The summed E-state index contributed by atoms with van der Waals surface area (Å²) in [6, 6.07) is 7.94. The highest BCUT2D eigenvalue weighted by Crippen LogP contribution is 2.32. The fraction of sp³-hybridized carbons (Fsp3) is 0.375.